The maximum Gasteiger partial charge on any atom is 0.249 e. The van der Waals surface area contributed by atoms with Crippen molar-refractivity contribution in [3.63, 3.8) is 0 Å². The second-order valence-electron chi connectivity index (χ2n) is 8.65. The number of hydrogen-bond donors (Lipinski definition) is 1. The third kappa shape index (κ3) is 4.91. The largest absolute Gasteiger partial charge is 0.368 e. The average Bonchev–Trinajstić information content (AvgIpc) is 3.42. The first-order valence-electron chi connectivity index (χ1n) is 11.0. The van der Waals surface area contributed by atoms with Gasteiger partial charge in [-0.05, 0) is 55.9 Å². The number of nitrogens with one attached hydrogen (secondary N) is 1. The molecule has 27 heavy (non-hydrogen) atoms. The van der Waals surface area contributed by atoms with E-state index in [1.807, 2.05) is 0 Å². The smallest absolute Gasteiger partial charge is 0.249 e. The highest BCUT2D eigenvalue weighted by atomic mass is 16.5. The Morgan fingerprint density at radius 1 is 1.04 bits per heavy atom. The molecule has 0 radical (unpaired) electrons. The number of nitrogens with zero attached hydrogens (tertiary/aromatic N) is 1. The van der Waals surface area contributed by atoms with Crippen molar-refractivity contribution in [1.82, 2.24) is 10.2 Å². The third-order valence-corrected chi connectivity index (χ3v) is 6.81. The molecule has 0 aromatic heterocycles. The van der Waals surface area contributed by atoms with Gasteiger partial charge in [-0.15, -0.1) is 0 Å². The minimum Gasteiger partial charge on any atom is -0.368 e. The molecule has 2 aliphatic heterocycles. The Hall–Kier alpha value is -1.39. The zero-order valence-electron chi connectivity index (χ0n) is 16.4. The zero-order valence-corrected chi connectivity index (χ0v) is 16.4. The summed E-state index contributed by atoms with van der Waals surface area (Å²) in [5, 5.41) is 3.23. The van der Waals surface area contributed by atoms with Crippen molar-refractivity contribution in [3.05, 3.63) is 35.9 Å². The minimum atomic E-state index is -0.201. The highest BCUT2D eigenvalue weighted by Crippen LogP contribution is 2.38. The van der Waals surface area contributed by atoms with Crippen LogP contribution in [0.5, 0.6) is 0 Å². The van der Waals surface area contributed by atoms with E-state index in [9.17, 15) is 4.79 Å². The molecule has 148 valence electrons. The van der Waals surface area contributed by atoms with E-state index in [-0.39, 0.29) is 12.0 Å². The van der Waals surface area contributed by atoms with Crippen LogP contribution in [0.1, 0.15) is 62.8 Å². The van der Waals surface area contributed by atoms with E-state index in [0.29, 0.717) is 12.0 Å². The summed E-state index contributed by atoms with van der Waals surface area (Å²) in [5.41, 5.74) is 1.51. The van der Waals surface area contributed by atoms with Gasteiger partial charge in [0.05, 0.1) is 0 Å². The van der Waals surface area contributed by atoms with Crippen LogP contribution in [0.2, 0.25) is 0 Å². The summed E-state index contributed by atoms with van der Waals surface area (Å²) in [4.78, 5) is 14.9. The summed E-state index contributed by atoms with van der Waals surface area (Å²) in [6.45, 7) is 4.08. The molecule has 0 spiro atoms. The molecule has 1 aromatic carbocycles. The lowest BCUT2D eigenvalue weighted by Gasteiger charge is -2.36. The molecule has 2 saturated heterocycles. The first-order valence-corrected chi connectivity index (χ1v) is 11.0. The van der Waals surface area contributed by atoms with E-state index in [4.69, 9.17) is 4.74 Å². The maximum atomic E-state index is 12.3. The summed E-state index contributed by atoms with van der Waals surface area (Å²) in [6, 6.07) is 11.4. The van der Waals surface area contributed by atoms with E-state index in [1.165, 1.54) is 37.8 Å². The van der Waals surface area contributed by atoms with Crippen LogP contribution in [0, 0.1) is 5.92 Å². The molecule has 4 heteroatoms. The summed E-state index contributed by atoms with van der Waals surface area (Å²) in [5.74, 6) is 1.61. The van der Waals surface area contributed by atoms with Gasteiger partial charge in [-0.1, -0.05) is 43.2 Å². The molecule has 2 heterocycles. The van der Waals surface area contributed by atoms with E-state index >= 15 is 0 Å². The van der Waals surface area contributed by atoms with Crippen molar-refractivity contribution < 1.29 is 9.53 Å². The second-order valence-corrected chi connectivity index (χ2v) is 8.65. The van der Waals surface area contributed by atoms with Crippen LogP contribution in [0.3, 0.4) is 0 Å². The summed E-state index contributed by atoms with van der Waals surface area (Å²) < 4.78 is 5.51. The molecule has 1 aromatic rings. The zero-order chi connectivity index (χ0) is 18.5. The summed E-state index contributed by atoms with van der Waals surface area (Å²) in [6.07, 6.45) is 9.36. The van der Waals surface area contributed by atoms with Gasteiger partial charge in [-0.25, -0.2) is 0 Å². The monoisotopic (exact) mass is 370 g/mol. The predicted molar refractivity (Wildman–Crippen MR) is 108 cm³/mol. The van der Waals surface area contributed by atoms with Crippen molar-refractivity contribution in [3.8, 4) is 0 Å². The topological polar surface area (TPSA) is 41.6 Å². The normalized spacial score (nSPS) is 26.3. The predicted octanol–water partition coefficient (Wildman–Crippen LogP) is 3.72. The minimum absolute atomic E-state index is 0.110. The van der Waals surface area contributed by atoms with E-state index < -0.39 is 0 Å². The number of amides is 1. The van der Waals surface area contributed by atoms with Gasteiger partial charge in [0.25, 0.3) is 0 Å². The van der Waals surface area contributed by atoms with Crippen molar-refractivity contribution in [2.24, 2.45) is 5.92 Å². The first-order chi connectivity index (χ1) is 13.3. The highest BCUT2D eigenvalue weighted by molar-refractivity contribution is 5.81. The fraction of sp³-hybridized carbons (Fsp3) is 0.696. The van der Waals surface area contributed by atoms with Crippen molar-refractivity contribution in [2.75, 3.05) is 26.2 Å². The number of carbonyl (C=O) groups excluding carboxylic acids is 1. The van der Waals surface area contributed by atoms with Crippen molar-refractivity contribution in [2.45, 2.75) is 69.4 Å². The Kier molecular flexibility index (Phi) is 6.46. The van der Waals surface area contributed by atoms with Gasteiger partial charge >= 0.3 is 0 Å². The molecule has 3 aliphatic rings. The Balaban J connectivity index is 1.29. The average molecular weight is 371 g/mol. The van der Waals surface area contributed by atoms with Crippen molar-refractivity contribution in [1.29, 1.82) is 0 Å². The van der Waals surface area contributed by atoms with E-state index in [2.05, 4.69) is 40.5 Å². The Bertz CT molecular complexity index is 586. The molecule has 1 aliphatic carbocycles. The SMILES string of the molecule is O=C(NC1CCN(CC(c2ccccc2)C2CCCC2)CC1)C1CCCO1. The molecule has 1 amide bonds. The first kappa shape index (κ1) is 18.9. The Morgan fingerprint density at radius 2 is 1.78 bits per heavy atom. The lowest BCUT2D eigenvalue weighted by molar-refractivity contribution is -0.131. The number of likely N-dealkylation sites (tertiary alicyclic amines) is 1. The molecular formula is C23H34N2O2. The van der Waals surface area contributed by atoms with Gasteiger partial charge in [0.15, 0.2) is 0 Å². The van der Waals surface area contributed by atoms with Gasteiger partial charge in [-0.2, -0.15) is 0 Å². The van der Waals surface area contributed by atoms with Crippen LogP contribution in [-0.4, -0.2) is 49.2 Å². The van der Waals surface area contributed by atoms with Crippen molar-refractivity contribution >= 4 is 5.91 Å². The van der Waals surface area contributed by atoms with Gasteiger partial charge in [0, 0.05) is 32.3 Å². The van der Waals surface area contributed by atoms with Crippen LogP contribution >= 0.6 is 0 Å². The number of ether oxygens (including phenoxy) is 1. The number of rotatable bonds is 6. The molecule has 2 atom stereocenters. The molecule has 1 N–H and O–H groups in total. The Morgan fingerprint density at radius 3 is 2.44 bits per heavy atom. The van der Waals surface area contributed by atoms with Gasteiger partial charge in [0.1, 0.15) is 6.10 Å². The maximum absolute atomic E-state index is 12.3. The van der Waals surface area contributed by atoms with Gasteiger partial charge in [-0.3, -0.25) is 4.79 Å². The molecule has 4 rings (SSSR count). The third-order valence-electron chi connectivity index (χ3n) is 6.81. The molecule has 0 bridgehead atoms. The molecule has 1 saturated carbocycles. The fourth-order valence-electron chi connectivity index (χ4n) is 5.20. The number of carbonyl (C=O) groups is 1. The number of hydrogen-bond acceptors (Lipinski definition) is 3. The summed E-state index contributed by atoms with van der Waals surface area (Å²) in [7, 11) is 0. The quantitative estimate of drug-likeness (QED) is 0.830. The van der Waals surface area contributed by atoms with Crippen LogP contribution in [-0.2, 0) is 9.53 Å². The lowest BCUT2D eigenvalue weighted by atomic mass is 9.84. The molecular weight excluding hydrogens is 336 g/mol. The molecule has 2 unspecified atom stereocenters. The highest BCUT2D eigenvalue weighted by Gasteiger charge is 2.31. The molecule has 4 nitrogen and oxygen atoms in total. The fourth-order valence-corrected chi connectivity index (χ4v) is 5.20. The number of benzene rings is 1. The second kappa shape index (κ2) is 9.20. The standard InChI is InChI=1S/C23H34N2O2/c26-23(22-11-6-16-27-22)24-20-12-14-25(15-13-20)17-21(19-9-4-5-10-19)18-7-2-1-3-8-18/h1-3,7-8,19-22H,4-6,9-17H2,(H,24,26). The van der Waals surface area contributed by atoms with Crippen LogP contribution < -0.4 is 5.32 Å². The number of piperidine rings is 1. The van der Waals surface area contributed by atoms with Gasteiger partial charge in [0.2, 0.25) is 5.91 Å². The lowest BCUT2D eigenvalue weighted by Crippen LogP contribution is -2.48. The molecule has 3 fully saturated rings. The van der Waals surface area contributed by atoms with Crippen LogP contribution in [0.25, 0.3) is 0 Å². The van der Waals surface area contributed by atoms with Crippen LogP contribution in [0.4, 0.5) is 0 Å². The van der Waals surface area contributed by atoms with E-state index in [0.717, 1.165) is 51.3 Å². The van der Waals surface area contributed by atoms with Crippen LogP contribution in [0.15, 0.2) is 30.3 Å². The summed E-state index contributed by atoms with van der Waals surface area (Å²) >= 11 is 0. The Labute approximate surface area is 163 Å². The van der Waals surface area contributed by atoms with E-state index in [1.54, 1.807) is 0 Å². The van der Waals surface area contributed by atoms with Gasteiger partial charge < -0.3 is 15.0 Å².